The molecule has 0 radical (unpaired) electrons. The lowest BCUT2D eigenvalue weighted by molar-refractivity contribution is 0.0673. The van der Waals surface area contributed by atoms with Crippen LogP contribution in [0.3, 0.4) is 0 Å². The fourth-order valence-electron chi connectivity index (χ4n) is 1.14. The van der Waals surface area contributed by atoms with E-state index in [1.54, 1.807) is 19.9 Å². The molecule has 0 saturated carbocycles. The predicted octanol–water partition coefficient (Wildman–Crippen LogP) is 2.92. The summed E-state index contributed by atoms with van der Waals surface area (Å²) >= 11 is 0. The Labute approximate surface area is 86.9 Å². The van der Waals surface area contributed by atoms with Crippen LogP contribution in [0.25, 0.3) is 0 Å². The quantitative estimate of drug-likeness (QED) is 0.720. The summed E-state index contributed by atoms with van der Waals surface area (Å²) in [5, 5.41) is 0. The minimum Gasteiger partial charge on any atom is -0.490 e. The van der Waals surface area contributed by atoms with E-state index < -0.39 is 12.2 Å². The van der Waals surface area contributed by atoms with Crippen LogP contribution < -0.4 is 4.74 Å². The van der Waals surface area contributed by atoms with E-state index >= 15 is 0 Å². The molecule has 0 aliphatic rings. The number of ether oxygens (including phenoxy) is 1. The Bertz CT molecular complexity index is 348. The number of hydrogen-bond acceptors (Lipinski definition) is 2. The third-order valence-corrected chi connectivity index (χ3v) is 1.71. The highest BCUT2D eigenvalue weighted by atomic mass is 19.3. The highest BCUT2D eigenvalue weighted by molar-refractivity contribution is 6.00. The molecule has 1 aromatic rings. The number of hydrogen-bond donors (Lipinski definition) is 0. The van der Waals surface area contributed by atoms with Gasteiger partial charge in [-0.15, -0.1) is 0 Å². The average Bonchev–Trinajstić information content (AvgIpc) is 2.16. The van der Waals surface area contributed by atoms with E-state index in [4.69, 9.17) is 4.74 Å². The first-order valence-corrected chi connectivity index (χ1v) is 4.60. The molecule has 0 unspecified atom stereocenters. The van der Waals surface area contributed by atoms with Crippen LogP contribution in [0.5, 0.6) is 5.75 Å². The van der Waals surface area contributed by atoms with E-state index in [1.165, 1.54) is 18.2 Å². The summed E-state index contributed by atoms with van der Waals surface area (Å²) in [6.07, 6.45) is -3.15. The standard InChI is InChI=1S/C11H12F2O2/c1-7(2)15-9-6-4-3-5-8(9)10(14)11(12)13/h3-7,11H,1-2H3. The van der Waals surface area contributed by atoms with E-state index in [0.29, 0.717) is 0 Å². The molecule has 82 valence electrons. The SMILES string of the molecule is CC(C)Oc1ccccc1C(=O)C(F)F. The van der Waals surface area contributed by atoms with Gasteiger partial charge in [0.1, 0.15) is 5.75 Å². The van der Waals surface area contributed by atoms with Gasteiger partial charge < -0.3 is 4.74 Å². The summed E-state index contributed by atoms with van der Waals surface area (Å²) in [5.41, 5.74) is -0.0683. The molecule has 0 N–H and O–H groups in total. The van der Waals surface area contributed by atoms with Gasteiger partial charge in [-0.1, -0.05) is 12.1 Å². The van der Waals surface area contributed by atoms with E-state index in [0.717, 1.165) is 0 Å². The van der Waals surface area contributed by atoms with Crippen LogP contribution in [0, 0.1) is 0 Å². The summed E-state index contributed by atoms with van der Waals surface area (Å²) in [6.45, 7) is 3.53. The maximum atomic E-state index is 12.2. The second-order valence-electron chi connectivity index (χ2n) is 3.33. The van der Waals surface area contributed by atoms with Crippen LogP contribution in [-0.2, 0) is 0 Å². The van der Waals surface area contributed by atoms with Crippen molar-refractivity contribution >= 4 is 5.78 Å². The van der Waals surface area contributed by atoms with Crippen LogP contribution in [0.4, 0.5) is 8.78 Å². The summed E-state index contributed by atoms with van der Waals surface area (Å²) in [5.74, 6) is -0.996. The monoisotopic (exact) mass is 214 g/mol. The number of Topliss-reactive ketones (excluding diaryl/α,β-unsaturated/α-hetero) is 1. The molecular weight excluding hydrogens is 202 g/mol. The minimum atomic E-state index is -3.00. The lowest BCUT2D eigenvalue weighted by Gasteiger charge is -2.12. The summed E-state index contributed by atoms with van der Waals surface area (Å²) in [4.78, 5) is 11.1. The molecule has 0 saturated heterocycles. The summed E-state index contributed by atoms with van der Waals surface area (Å²) in [6, 6.07) is 6.02. The third kappa shape index (κ3) is 3.01. The van der Waals surface area contributed by atoms with E-state index in [9.17, 15) is 13.6 Å². The van der Waals surface area contributed by atoms with Crippen molar-refractivity contribution in [3.63, 3.8) is 0 Å². The molecule has 0 aliphatic carbocycles. The van der Waals surface area contributed by atoms with Crippen molar-refractivity contribution in [3.8, 4) is 5.75 Å². The molecule has 0 heterocycles. The zero-order chi connectivity index (χ0) is 11.4. The lowest BCUT2D eigenvalue weighted by Crippen LogP contribution is -2.14. The molecule has 0 spiro atoms. The number of alkyl halides is 2. The number of ketones is 1. The lowest BCUT2D eigenvalue weighted by atomic mass is 10.1. The molecule has 0 atom stereocenters. The first-order chi connectivity index (χ1) is 7.02. The molecule has 0 aromatic heterocycles. The first-order valence-electron chi connectivity index (χ1n) is 4.60. The number of halogens is 2. The maximum absolute atomic E-state index is 12.2. The van der Waals surface area contributed by atoms with E-state index in [2.05, 4.69) is 0 Å². The van der Waals surface area contributed by atoms with Crippen LogP contribution in [-0.4, -0.2) is 18.3 Å². The fourth-order valence-corrected chi connectivity index (χ4v) is 1.14. The Morgan fingerprint density at radius 3 is 2.40 bits per heavy atom. The zero-order valence-electron chi connectivity index (χ0n) is 8.54. The normalized spacial score (nSPS) is 10.8. The number of para-hydroxylation sites is 1. The highest BCUT2D eigenvalue weighted by Crippen LogP contribution is 2.21. The largest absolute Gasteiger partial charge is 0.490 e. The van der Waals surface area contributed by atoms with Crippen molar-refractivity contribution in [3.05, 3.63) is 29.8 Å². The van der Waals surface area contributed by atoms with Crippen LogP contribution in [0.2, 0.25) is 0 Å². The van der Waals surface area contributed by atoms with Gasteiger partial charge in [-0.3, -0.25) is 4.79 Å². The topological polar surface area (TPSA) is 26.3 Å². The molecular formula is C11H12F2O2. The number of benzene rings is 1. The number of carbonyl (C=O) groups excluding carboxylic acids is 1. The Balaban J connectivity index is 3.01. The second-order valence-corrected chi connectivity index (χ2v) is 3.33. The van der Waals surface area contributed by atoms with Gasteiger partial charge in [0.25, 0.3) is 0 Å². The Morgan fingerprint density at radius 2 is 1.87 bits per heavy atom. The Hall–Kier alpha value is -1.45. The van der Waals surface area contributed by atoms with E-state index in [1.807, 2.05) is 0 Å². The molecule has 0 aliphatic heterocycles. The molecule has 0 amide bonds. The van der Waals surface area contributed by atoms with Crippen molar-refractivity contribution < 1.29 is 18.3 Å². The van der Waals surface area contributed by atoms with Gasteiger partial charge >= 0.3 is 6.43 Å². The maximum Gasteiger partial charge on any atom is 0.300 e. The van der Waals surface area contributed by atoms with Gasteiger partial charge in [-0.2, -0.15) is 0 Å². The van der Waals surface area contributed by atoms with Gasteiger partial charge in [0.2, 0.25) is 5.78 Å². The zero-order valence-corrected chi connectivity index (χ0v) is 8.54. The van der Waals surface area contributed by atoms with Gasteiger partial charge in [0, 0.05) is 0 Å². The number of rotatable bonds is 4. The first kappa shape index (κ1) is 11.6. The summed E-state index contributed by atoms with van der Waals surface area (Å²) in [7, 11) is 0. The molecule has 0 fully saturated rings. The Kier molecular flexibility index (Phi) is 3.77. The van der Waals surface area contributed by atoms with Gasteiger partial charge in [0.05, 0.1) is 11.7 Å². The summed E-state index contributed by atoms with van der Waals surface area (Å²) < 4.78 is 29.7. The molecule has 1 rings (SSSR count). The molecule has 4 heteroatoms. The predicted molar refractivity (Wildman–Crippen MR) is 52.5 cm³/mol. The van der Waals surface area contributed by atoms with Crippen molar-refractivity contribution in [2.75, 3.05) is 0 Å². The minimum absolute atomic E-state index is 0.0683. The Morgan fingerprint density at radius 1 is 1.27 bits per heavy atom. The molecule has 15 heavy (non-hydrogen) atoms. The number of carbonyl (C=O) groups is 1. The fraction of sp³-hybridized carbons (Fsp3) is 0.364. The smallest absolute Gasteiger partial charge is 0.300 e. The van der Waals surface area contributed by atoms with Crippen molar-refractivity contribution in [1.29, 1.82) is 0 Å². The third-order valence-electron chi connectivity index (χ3n) is 1.71. The highest BCUT2D eigenvalue weighted by Gasteiger charge is 2.21. The van der Waals surface area contributed by atoms with Gasteiger partial charge in [-0.25, -0.2) is 8.78 Å². The molecule has 2 nitrogen and oxygen atoms in total. The van der Waals surface area contributed by atoms with Crippen molar-refractivity contribution in [1.82, 2.24) is 0 Å². The van der Waals surface area contributed by atoms with Crippen LogP contribution >= 0.6 is 0 Å². The average molecular weight is 214 g/mol. The second kappa shape index (κ2) is 4.87. The van der Waals surface area contributed by atoms with Crippen LogP contribution in [0.15, 0.2) is 24.3 Å². The van der Waals surface area contributed by atoms with Crippen molar-refractivity contribution in [2.45, 2.75) is 26.4 Å². The molecule has 1 aromatic carbocycles. The van der Waals surface area contributed by atoms with Crippen LogP contribution in [0.1, 0.15) is 24.2 Å². The van der Waals surface area contributed by atoms with Crippen molar-refractivity contribution in [2.24, 2.45) is 0 Å². The molecule has 0 bridgehead atoms. The van der Waals surface area contributed by atoms with Gasteiger partial charge in [0.15, 0.2) is 0 Å². The van der Waals surface area contributed by atoms with Gasteiger partial charge in [-0.05, 0) is 26.0 Å². The van der Waals surface area contributed by atoms with E-state index in [-0.39, 0.29) is 17.4 Å².